The fraction of sp³-hybridized carbons (Fsp3) is 0.682. The Hall–Kier alpha value is -1.99. The molecule has 0 bridgehead atoms. The van der Waals surface area contributed by atoms with Gasteiger partial charge in [0.25, 0.3) is 0 Å². The molecule has 4 rings (SSSR count). The molecule has 0 spiro atoms. The van der Waals surface area contributed by atoms with E-state index in [-0.39, 0.29) is 12.0 Å². The minimum Gasteiger partial charge on any atom is -0.496 e. The highest BCUT2D eigenvalue weighted by molar-refractivity contribution is 5.80. The smallest absolute Gasteiger partial charge is 0.249 e. The van der Waals surface area contributed by atoms with Crippen LogP contribution in [0.25, 0.3) is 0 Å². The van der Waals surface area contributed by atoms with Crippen molar-refractivity contribution in [2.45, 2.75) is 44.8 Å². The Labute approximate surface area is 172 Å². The second-order valence-electron chi connectivity index (χ2n) is 8.13. The maximum atomic E-state index is 12.1. The third-order valence-corrected chi connectivity index (χ3v) is 6.04. The Morgan fingerprint density at radius 2 is 1.86 bits per heavy atom. The Balaban J connectivity index is 1.28. The van der Waals surface area contributed by atoms with Gasteiger partial charge in [-0.15, -0.1) is 0 Å². The molecule has 3 heterocycles. The number of amides is 1. The lowest BCUT2D eigenvalue weighted by Gasteiger charge is -2.32. The van der Waals surface area contributed by atoms with Crippen LogP contribution in [0.2, 0.25) is 0 Å². The molecular weight excluding hydrogens is 372 g/mol. The molecule has 3 aliphatic heterocycles. The maximum Gasteiger partial charge on any atom is 0.249 e. The van der Waals surface area contributed by atoms with Crippen LogP contribution >= 0.6 is 0 Å². The topological polar surface area (TPSA) is 69.3 Å². The number of fused-ring (bicyclic) bond motifs is 1. The van der Waals surface area contributed by atoms with E-state index < -0.39 is 0 Å². The van der Waals surface area contributed by atoms with Crippen LogP contribution in [-0.2, 0) is 16.1 Å². The van der Waals surface area contributed by atoms with Gasteiger partial charge < -0.3 is 24.3 Å². The van der Waals surface area contributed by atoms with E-state index in [0.717, 1.165) is 81.1 Å². The van der Waals surface area contributed by atoms with Gasteiger partial charge >= 0.3 is 0 Å². The molecule has 0 radical (unpaired) electrons. The number of benzene rings is 1. The van der Waals surface area contributed by atoms with Gasteiger partial charge in [0.1, 0.15) is 11.9 Å². The van der Waals surface area contributed by atoms with Crippen molar-refractivity contribution in [3.05, 3.63) is 17.7 Å². The predicted molar refractivity (Wildman–Crippen MR) is 109 cm³/mol. The first-order valence-electron chi connectivity index (χ1n) is 10.8. The molecule has 2 fully saturated rings. The first-order valence-corrected chi connectivity index (χ1v) is 10.8. The van der Waals surface area contributed by atoms with Crippen LogP contribution in [0.1, 0.15) is 37.7 Å². The van der Waals surface area contributed by atoms with Gasteiger partial charge in [0.05, 0.1) is 20.3 Å². The first-order chi connectivity index (χ1) is 14.2. The molecule has 0 saturated carbocycles. The zero-order valence-electron chi connectivity index (χ0n) is 17.3. The summed E-state index contributed by atoms with van der Waals surface area (Å²) in [4.78, 5) is 14.6. The van der Waals surface area contributed by atoms with E-state index in [9.17, 15) is 4.79 Å². The summed E-state index contributed by atoms with van der Waals surface area (Å²) in [5.41, 5.74) is 1.13. The Bertz CT molecular complexity index is 697. The Morgan fingerprint density at radius 3 is 2.55 bits per heavy atom. The van der Waals surface area contributed by atoms with E-state index in [1.54, 1.807) is 7.11 Å². The number of ether oxygens (including phenoxy) is 4. The monoisotopic (exact) mass is 404 g/mol. The molecule has 3 aliphatic rings. The third kappa shape index (κ3) is 5.14. The second-order valence-corrected chi connectivity index (χ2v) is 8.13. The summed E-state index contributed by atoms with van der Waals surface area (Å²) in [6.45, 7) is 5.67. The van der Waals surface area contributed by atoms with Crippen LogP contribution in [-0.4, -0.2) is 63.5 Å². The fourth-order valence-corrected chi connectivity index (χ4v) is 4.28. The lowest BCUT2D eigenvalue weighted by molar-refractivity contribution is -0.130. The van der Waals surface area contributed by atoms with Crippen LogP contribution in [0.15, 0.2) is 12.1 Å². The van der Waals surface area contributed by atoms with Crippen molar-refractivity contribution in [3.8, 4) is 17.2 Å². The number of rotatable bonds is 6. The minimum absolute atomic E-state index is 0.0573. The van der Waals surface area contributed by atoms with Gasteiger partial charge in [-0.05, 0) is 50.8 Å². The summed E-state index contributed by atoms with van der Waals surface area (Å²) in [5.74, 6) is 3.01. The molecule has 7 heteroatoms. The van der Waals surface area contributed by atoms with E-state index >= 15 is 0 Å². The van der Waals surface area contributed by atoms with E-state index in [1.165, 1.54) is 0 Å². The van der Waals surface area contributed by atoms with Gasteiger partial charge in [0, 0.05) is 37.7 Å². The van der Waals surface area contributed by atoms with Crippen molar-refractivity contribution in [1.29, 1.82) is 0 Å². The van der Waals surface area contributed by atoms with Gasteiger partial charge in [0.2, 0.25) is 5.91 Å². The number of carbonyl (C=O) groups excluding carboxylic acids is 1. The number of hydrogen-bond acceptors (Lipinski definition) is 6. The molecule has 1 atom stereocenters. The SMILES string of the molecule is COc1cc2c(cc1CN1CCC(CNC(=O)C3CCCO3)CC1)OCCCO2. The standard InChI is InChI=1S/C22H32N2O5/c1-26-19-13-21-20(28-10-3-11-29-21)12-17(19)15-24-7-5-16(6-8-24)14-23-22(25)18-4-2-9-27-18/h12-13,16,18H,2-11,14-15H2,1H3,(H,23,25). The summed E-state index contributed by atoms with van der Waals surface area (Å²) in [5, 5.41) is 3.08. The van der Waals surface area contributed by atoms with Gasteiger partial charge in [-0.25, -0.2) is 0 Å². The van der Waals surface area contributed by atoms with Gasteiger partial charge in [-0.2, -0.15) is 0 Å². The predicted octanol–water partition coefficient (Wildman–Crippen LogP) is 2.36. The average Bonchev–Trinajstić information content (AvgIpc) is 3.19. The fourth-order valence-electron chi connectivity index (χ4n) is 4.28. The molecule has 1 N–H and O–H groups in total. The van der Waals surface area contributed by atoms with E-state index in [2.05, 4.69) is 16.3 Å². The number of carbonyl (C=O) groups is 1. The van der Waals surface area contributed by atoms with Crippen molar-refractivity contribution in [2.75, 3.05) is 46.6 Å². The van der Waals surface area contributed by atoms with Crippen LogP contribution in [0.4, 0.5) is 0 Å². The molecule has 0 aliphatic carbocycles. The summed E-state index contributed by atoms with van der Waals surface area (Å²) in [7, 11) is 1.70. The normalized spacial score (nSPS) is 22.9. The molecular formula is C22H32N2O5. The number of methoxy groups -OCH3 is 1. The van der Waals surface area contributed by atoms with Crippen LogP contribution in [0.3, 0.4) is 0 Å². The molecule has 160 valence electrons. The van der Waals surface area contributed by atoms with Crippen LogP contribution < -0.4 is 19.5 Å². The molecule has 29 heavy (non-hydrogen) atoms. The largest absolute Gasteiger partial charge is 0.496 e. The zero-order valence-corrected chi connectivity index (χ0v) is 17.3. The quantitative estimate of drug-likeness (QED) is 0.785. The second kappa shape index (κ2) is 9.67. The number of nitrogens with zero attached hydrogens (tertiary/aromatic N) is 1. The van der Waals surface area contributed by atoms with Crippen molar-refractivity contribution in [2.24, 2.45) is 5.92 Å². The van der Waals surface area contributed by atoms with Gasteiger partial charge in [-0.1, -0.05) is 0 Å². The third-order valence-electron chi connectivity index (χ3n) is 6.04. The molecule has 2 saturated heterocycles. The summed E-state index contributed by atoms with van der Waals surface area (Å²) < 4.78 is 22.7. The molecule has 0 aromatic heterocycles. The van der Waals surface area contributed by atoms with E-state index in [1.807, 2.05) is 6.07 Å². The van der Waals surface area contributed by atoms with Gasteiger partial charge in [-0.3, -0.25) is 9.69 Å². The van der Waals surface area contributed by atoms with Gasteiger partial charge in [0.15, 0.2) is 11.5 Å². The van der Waals surface area contributed by atoms with Crippen molar-refractivity contribution >= 4 is 5.91 Å². The maximum absolute atomic E-state index is 12.1. The summed E-state index contributed by atoms with van der Waals surface area (Å²) >= 11 is 0. The Kier molecular flexibility index (Phi) is 6.77. The summed E-state index contributed by atoms with van der Waals surface area (Å²) in [6.07, 6.45) is 4.66. The number of hydrogen-bond donors (Lipinski definition) is 1. The van der Waals surface area contributed by atoms with Crippen LogP contribution in [0.5, 0.6) is 17.2 Å². The lowest BCUT2D eigenvalue weighted by Crippen LogP contribution is -2.41. The van der Waals surface area contributed by atoms with Crippen molar-refractivity contribution in [3.63, 3.8) is 0 Å². The molecule has 1 aromatic rings. The van der Waals surface area contributed by atoms with Crippen molar-refractivity contribution < 1.29 is 23.7 Å². The minimum atomic E-state index is -0.234. The molecule has 7 nitrogen and oxygen atoms in total. The lowest BCUT2D eigenvalue weighted by atomic mass is 9.96. The molecule has 1 amide bonds. The highest BCUT2D eigenvalue weighted by Gasteiger charge is 2.26. The van der Waals surface area contributed by atoms with Crippen LogP contribution in [0, 0.1) is 5.92 Å². The highest BCUT2D eigenvalue weighted by Crippen LogP contribution is 2.37. The van der Waals surface area contributed by atoms with Crippen molar-refractivity contribution in [1.82, 2.24) is 10.2 Å². The number of likely N-dealkylation sites (tertiary alicyclic amines) is 1. The number of nitrogens with one attached hydrogen (secondary N) is 1. The average molecular weight is 405 g/mol. The highest BCUT2D eigenvalue weighted by atomic mass is 16.5. The number of piperidine rings is 1. The summed E-state index contributed by atoms with van der Waals surface area (Å²) in [6, 6.07) is 4.01. The first kappa shape index (κ1) is 20.3. The Morgan fingerprint density at radius 1 is 1.10 bits per heavy atom. The molecule has 1 aromatic carbocycles. The van der Waals surface area contributed by atoms with E-state index in [4.69, 9.17) is 18.9 Å². The molecule has 1 unspecified atom stereocenters. The zero-order chi connectivity index (χ0) is 20.1. The van der Waals surface area contributed by atoms with E-state index in [0.29, 0.717) is 25.7 Å².